The van der Waals surface area contributed by atoms with E-state index in [0.29, 0.717) is 24.0 Å². The van der Waals surface area contributed by atoms with Crippen LogP contribution >= 0.6 is 15.9 Å². The van der Waals surface area contributed by atoms with Crippen LogP contribution in [-0.4, -0.2) is 40.1 Å². The van der Waals surface area contributed by atoms with Crippen LogP contribution in [0.4, 0.5) is 0 Å². The Labute approximate surface area is 135 Å². The van der Waals surface area contributed by atoms with Gasteiger partial charge in [0.15, 0.2) is 9.84 Å². The van der Waals surface area contributed by atoms with Crippen LogP contribution in [-0.2, 0) is 9.84 Å². The van der Waals surface area contributed by atoms with Gasteiger partial charge < -0.3 is 10.1 Å². The van der Waals surface area contributed by atoms with Gasteiger partial charge in [0.2, 0.25) is 0 Å². The van der Waals surface area contributed by atoms with Crippen molar-refractivity contribution in [1.82, 2.24) is 5.32 Å². The van der Waals surface area contributed by atoms with E-state index >= 15 is 0 Å². The molecule has 118 valence electrons. The molecule has 0 amide bonds. The van der Waals surface area contributed by atoms with E-state index in [2.05, 4.69) is 21.2 Å². The first-order valence-corrected chi connectivity index (χ1v) is 9.85. The third-order valence-electron chi connectivity index (χ3n) is 3.95. The Morgan fingerprint density at radius 1 is 1.48 bits per heavy atom. The van der Waals surface area contributed by atoms with Gasteiger partial charge in [-0.2, -0.15) is 0 Å². The van der Waals surface area contributed by atoms with Crippen LogP contribution in [0.5, 0.6) is 5.75 Å². The van der Waals surface area contributed by atoms with Crippen LogP contribution in [0, 0.1) is 11.8 Å². The van der Waals surface area contributed by atoms with E-state index < -0.39 is 9.84 Å². The molecular formula is C15H22BrNO3S. The Kier molecular flexibility index (Phi) is 6.08. The van der Waals surface area contributed by atoms with Crippen LogP contribution in [0.2, 0.25) is 0 Å². The fourth-order valence-electron chi connectivity index (χ4n) is 2.85. The summed E-state index contributed by atoms with van der Waals surface area (Å²) >= 11 is 3.42. The highest BCUT2D eigenvalue weighted by Gasteiger charge is 2.33. The third-order valence-corrected chi connectivity index (χ3v) is 6.24. The van der Waals surface area contributed by atoms with Crippen molar-refractivity contribution < 1.29 is 13.2 Å². The van der Waals surface area contributed by atoms with Gasteiger partial charge in [-0.15, -0.1) is 0 Å². The highest BCUT2D eigenvalue weighted by molar-refractivity contribution is 9.10. The van der Waals surface area contributed by atoms with E-state index in [-0.39, 0.29) is 5.92 Å². The van der Waals surface area contributed by atoms with Gasteiger partial charge in [-0.05, 0) is 56.5 Å². The maximum Gasteiger partial charge on any atom is 0.150 e. The Bertz CT molecular complexity index is 562. The van der Waals surface area contributed by atoms with Crippen molar-refractivity contribution in [3.63, 3.8) is 0 Å². The predicted molar refractivity (Wildman–Crippen MR) is 88.4 cm³/mol. The summed E-state index contributed by atoms with van der Waals surface area (Å²) in [5.74, 6) is 2.11. The zero-order valence-electron chi connectivity index (χ0n) is 12.2. The van der Waals surface area contributed by atoms with E-state index in [1.807, 2.05) is 31.3 Å². The lowest BCUT2D eigenvalue weighted by Crippen LogP contribution is -2.28. The lowest BCUT2D eigenvalue weighted by molar-refractivity contribution is 0.241. The summed E-state index contributed by atoms with van der Waals surface area (Å²) in [7, 11) is -0.908. The first-order valence-electron chi connectivity index (χ1n) is 7.23. The molecule has 0 saturated carbocycles. The summed E-state index contributed by atoms with van der Waals surface area (Å²) in [5, 5.41) is 3.17. The summed E-state index contributed by atoms with van der Waals surface area (Å²) in [4.78, 5) is 0. The van der Waals surface area contributed by atoms with Crippen LogP contribution in [0.1, 0.15) is 12.8 Å². The lowest BCUT2D eigenvalue weighted by Gasteiger charge is -2.22. The van der Waals surface area contributed by atoms with Crippen LogP contribution < -0.4 is 10.1 Å². The zero-order valence-corrected chi connectivity index (χ0v) is 14.6. The number of rotatable bonds is 7. The second-order valence-electron chi connectivity index (χ2n) is 5.58. The van der Waals surface area contributed by atoms with Crippen molar-refractivity contribution in [2.24, 2.45) is 11.8 Å². The Morgan fingerprint density at radius 3 is 2.90 bits per heavy atom. The van der Waals surface area contributed by atoms with Gasteiger partial charge in [0.05, 0.1) is 18.1 Å². The van der Waals surface area contributed by atoms with Crippen molar-refractivity contribution in [3.05, 3.63) is 28.7 Å². The molecule has 1 heterocycles. The zero-order chi connectivity index (χ0) is 15.3. The van der Waals surface area contributed by atoms with Gasteiger partial charge in [0.1, 0.15) is 5.75 Å². The predicted octanol–water partition coefficient (Wildman–Crippen LogP) is 2.49. The number of sulfone groups is 1. The third kappa shape index (κ3) is 5.27. The molecule has 1 aliphatic heterocycles. The number of hydrogen-bond acceptors (Lipinski definition) is 4. The van der Waals surface area contributed by atoms with E-state index in [1.165, 1.54) is 0 Å². The molecule has 0 radical (unpaired) electrons. The molecule has 0 spiro atoms. The van der Waals surface area contributed by atoms with Gasteiger partial charge in [0.25, 0.3) is 0 Å². The highest BCUT2D eigenvalue weighted by atomic mass is 79.9. The largest absolute Gasteiger partial charge is 0.494 e. The summed E-state index contributed by atoms with van der Waals surface area (Å²) in [5.41, 5.74) is 0. The van der Waals surface area contributed by atoms with Crippen molar-refractivity contribution in [3.8, 4) is 5.75 Å². The van der Waals surface area contributed by atoms with E-state index in [0.717, 1.165) is 29.6 Å². The second kappa shape index (κ2) is 7.61. The normalized spacial score (nSPS) is 22.1. The van der Waals surface area contributed by atoms with E-state index in [1.54, 1.807) is 0 Å². The minimum Gasteiger partial charge on any atom is -0.494 e. The van der Waals surface area contributed by atoms with Gasteiger partial charge in [0, 0.05) is 4.47 Å². The fourth-order valence-corrected chi connectivity index (χ4v) is 5.15. The summed E-state index contributed by atoms with van der Waals surface area (Å²) in [6, 6.07) is 7.76. The monoisotopic (exact) mass is 375 g/mol. The highest BCUT2D eigenvalue weighted by Crippen LogP contribution is 2.28. The quantitative estimate of drug-likeness (QED) is 0.795. The minimum atomic E-state index is -2.82. The lowest BCUT2D eigenvalue weighted by atomic mass is 9.89. The molecule has 1 aliphatic rings. The Balaban J connectivity index is 1.86. The average molecular weight is 376 g/mol. The molecule has 0 bridgehead atoms. The molecule has 0 aromatic heterocycles. The molecule has 4 nitrogen and oxygen atoms in total. The number of benzene rings is 1. The van der Waals surface area contributed by atoms with Crippen molar-refractivity contribution in [2.75, 3.05) is 31.7 Å². The number of nitrogens with one attached hydrogen (secondary N) is 1. The molecule has 21 heavy (non-hydrogen) atoms. The Hall–Kier alpha value is -0.590. The SMILES string of the molecule is CNCC(CCOc1cccc(Br)c1)C1CCS(=O)(=O)C1. The number of hydrogen-bond donors (Lipinski definition) is 1. The minimum absolute atomic E-state index is 0.258. The maximum absolute atomic E-state index is 11.6. The van der Waals surface area contributed by atoms with Crippen molar-refractivity contribution in [2.45, 2.75) is 12.8 Å². The van der Waals surface area contributed by atoms with E-state index in [4.69, 9.17) is 4.74 Å². The topological polar surface area (TPSA) is 55.4 Å². The van der Waals surface area contributed by atoms with Crippen LogP contribution in [0.3, 0.4) is 0 Å². The first-order chi connectivity index (χ1) is 10.00. The van der Waals surface area contributed by atoms with Gasteiger partial charge in [-0.3, -0.25) is 0 Å². The average Bonchev–Trinajstić information content (AvgIpc) is 2.78. The molecule has 6 heteroatoms. The molecular weight excluding hydrogens is 354 g/mol. The van der Waals surface area contributed by atoms with E-state index in [9.17, 15) is 8.42 Å². The smallest absolute Gasteiger partial charge is 0.150 e. The molecule has 1 aromatic rings. The summed E-state index contributed by atoms with van der Waals surface area (Å²) in [6.45, 7) is 1.45. The van der Waals surface area contributed by atoms with Gasteiger partial charge in [-0.1, -0.05) is 22.0 Å². The number of ether oxygens (including phenoxy) is 1. The Morgan fingerprint density at radius 2 is 2.29 bits per heavy atom. The molecule has 2 rings (SSSR count). The standard InChI is InChI=1S/C15H22BrNO3S/c1-17-10-12(13-6-8-21(18,19)11-13)5-7-20-15-4-2-3-14(16)9-15/h2-4,9,12-13,17H,5-8,10-11H2,1H3. The fraction of sp³-hybridized carbons (Fsp3) is 0.600. The molecule has 0 aliphatic carbocycles. The van der Waals surface area contributed by atoms with Crippen molar-refractivity contribution in [1.29, 1.82) is 0 Å². The van der Waals surface area contributed by atoms with Gasteiger partial charge in [-0.25, -0.2) is 8.42 Å². The van der Waals surface area contributed by atoms with Crippen molar-refractivity contribution >= 4 is 25.8 Å². The van der Waals surface area contributed by atoms with Crippen LogP contribution in [0.15, 0.2) is 28.7 Å². The van der Waals surface area contributed by atoms with Crippen LogP contribution in [0.25, 0.3) is 0 Å². The molecule has 2 atom stereocenters. The number of halogens is 1. The molecule has 1 fully saturated rings. The summed E-state index contributed by atoms with van der Waals surface area (Å²) < 4.78 is 30.0. The molecule has 2 unspecified atom stereocenters. The maximum atomic E-state index is 11.6. The van der Waals surface area contributed by atoms with Gasteiger partial charge >= 0.3 is 0 Å². The first kappa shape index (κ1) is 16.8. The summed E-state index contributed by atoms with van der Waals surface area (Å²) in [6.07, 6.45) is 1.65. The molecule has 1 saturated heterocycles. The second-order valence-corrected chi connectivity index (χ2v) is 8.72. The molecule has 1 aromatic carbocycles. The molecule has 1 N–H and O–H groups in total.